The minimum Gasteiger partial charge on any atom is -0.350 e. The van der Waals surface area contributed by atoms with Crippen LogP contribution in [0.15, 0.2) is 77.7 Å². The highest BCUT2D eigenvalue weighted by Crippen LogP contribution is 2.23. The molecule has 0 aliphatic carbocycles. The van der Waals surface area contributed by atoms with Crippen molar-refractivity contribution in [3.05, 3.63) is 103 Å². The minimum absolute atomic E-state index is 0.108. The van der Waals surface area contributed by atoms with E-state index in [0.717, 1.165) is 25.7 Å². The summed E-state index contributed by atoms with van der Waals surface area (Å²) < 4.78 is 4.72. The standard InChI is InChI=1S/C25H17ClIN3O/c1-29-15-16(20-4-2-3-5-23(20)29)6-13-24-28-22-12-9-18(27)14-21(22)25(31)30(24)19-10-7-17(26)8-11-19/h2-15H,1H3/b13-6+. The van der Waals surface area contributed by atoms with Crippen LogP contribution in [0.5, 0.6) is 0 Å². The zero-order chi connectivity index (χ0) is 21.5. The molecule has 4 nitrogen and oxygen atoms in total. The lowest BCUT2D eigenvalue weighted by Gasteiger charge is -2.12. The Morgan fingerprint density at radius 1 is 0.968 bits per heavy atom. The van der Waals surface area contributed by atoms with Crippen LogP contribution in [0.2, 0.25) is 5.02 Å². The second kappa shape index (κ2) is 7.98. The number of halogens is 2. The zero-order valence-corrected chi connectivity index (χ0v) is 19.5. The molecule has 5 rings (SSSR count). The summed E-state index contributed by atoms with van der Waals surface area (Å²) in [5, 5.41) is 2.36. The normalized spacial score (nSPS) is 11.7. The highest BCUT2D eigenvalue weighted by Gasteiger charge is 2.12. The van der Waals surface area contributed by atoms with E-state index in [9.17, 15) is 4.79 Å². The molecule has 0 saturated carbocycles. The molecule has 0 unspecified atom stereocenters. The second-order valence-electron chi connectivity index (χ2n) is 7.29. The van der Waals surface area contributed by atoms with E-state index in [-0.39, 0.29) is 5.56 Å². The van der Waals surface area contributed by atoms with E-state index >= 15 is 0 Å². The van der Waals surface area contributed by atoms with Crippen LogP contribution in [0.1, 0.15) is 11.4 Å². The topological polar surface area (TPSA) is 39.8 Å². The lowest BCUT2D eigenvalue weighted by Crippen LogP contribution is -2.22. The van der Waals surface area contributed by atoms with E-state index in [1.807, 2.05) is 61.7 Å². The number of rotatable bonds is 3. The molecular formula is C25H17ClIN3O. The second-order valence-corrected chi connectivity index (χ2v) is 8.98. The predicted octanol–water partition coefficient (Wildman–Crippen LogP) is 6.31. The summed E-state index contributed by atoms with van der Waals surface area (Å²) in [7, 11) is 2.03. The van der Waals surface area contributed by atoms with Crippen LogP contribution in [0.3, 0.4) is 0 Å². The first-order valence-electron chi connectivity index (χ1n) is 9.72. The Morgan fingerprint density at radius 2 is 1.74 bits per heavy atom. The monoisotopic (exact) mass is 537 g/mol. The number of hydrogen-bond donors (Lipinski definition) is 0. The molecule has 0 aliphatic heterocycles. The molecule has 6 heteroatoms. The van der Waals surface area contributed by atoms with Crippen LogP contribution in [-0.4, -0.2) is 14.1 Å². The Balaban J connectivity index is 1.74. The van der Waals surface area contributed by atoms with Crippen molar-refractivity contribution in [3.8, 4) is 5.69 Å². The van der Waals surface area contributed by atoms with Crippen molar-refractivity contribution in [1.82, 2.24) is 14.1 Å². The summed E-state index contributed by atoms with van der Waals surface area (Å²) in [6.45, 7) is 0. The van der Waals surface area contributed by atoms with Gasteiger partial charge in [0.2, 0.25) is 0 Å². The number of nitrogens with zero attached hydrogens (tertiary/aromatic N) is 3. The summed E-state index contributed by atoms with van der Waals surface area (Å²) in [6, 6.07) is 21.2. The average molecular weight is 538 g/mol. The summed E-state index contributed by atoms with van der Waals surface area (Å²) in [4.78, 5) is 18.3. The number of fused-ring (bicyclic) bond motifs is 2. The molecule has 152 valence electrons. The first-order chi connectivity index (χ1) is 15.0. The van der Waals surface area contributed by atoms with E-state index in [2.05, 4.69) is 45.5 Å². The van der Waals surface area contributed by atoms with Gasteiger partial charge in [-0.05, 0) is 83.3 Å². The average Bonchev–Trinajstić information content (AvgIpc) is 3.10. The minimum atomic E-state index is -0.108. The van der Waals surface area contributed by atoms with Crippen molar-refractivity contribution in [2.75, 3.05) is 0 Å². The third-order valence-electron chi connectivity index (χ3n) is 5.28. The molecule has 0 amide bonds. The Labute approximate surface area is 197 Å². The van der Waals surface area contributed by atoms with Crippen LogP contribution >= 0.6 is 34.2 Å². The van der Waals surface area contributed by atoms with Gasteiger partial charge in [-0.2, -0.15) is 0 Å². The van der Waals surface area contributed by atoms with E-state index in [1.165, 1.54) is 0 Å². The maximum absolute atomic E-state index is 13.5. The molecule has 2 aromatic heterocycles. The predicted molar refractivity (Wildman–Crippen MR) is 137 cm³/mol. The highest BCUT2D eigenvalue weighted by molar-refractivity contribution is 14.1. The Morgan fingerprint density at radius 3 is 2.55 bits per heavy atom. The molecule has 0 fully saturated rings. The molecule has 31 heavy (non-hydrogen) atoms. The number of aryl methyl sites for hydroxylation is 1. The smallest absolute Gasteiger partial charge is 0.266 e. The van der Waals surface area contributed by atoms with Crippen LogP contribution in [0.4, 0.5) is 0 Å². The fourth-order valence-corrected chi connectivity index (χ4v) is 4.41. The van der Waals surface area contributed by atoms with Crippen molar-refractivity contribution in [2.45, 2.75) is 0 Å². The van der Waals surface area contributed by atoms with Crippen molar-refractivity contribution in [2.24, 2.45) is 7.05 Å². The van der Waals surface area contributed by atoms with Crippen LogP contribution < -0.4 is 5.56 Å². The molecule has 0 aliphatic rings. The summed E-state index contributed by atoms with van der Waals surface area (Å²) in [6.07, 6.45) is 5.99. The lowest BCUT2D eigenvalue weighted by molar-refractivity contribution is 0.943. The van der Waals surface area contributed by atoms with Crippen molar-refractivity contribution < 1.29 is 0 Å². The number of aromatic nitrogens is 3. The Hall–Kier alpha value is -2.90. The van der Waals surface area contributed by atoms with Gasteiger partial charge < -0.3 is 4.57 Å². The molecule has 0 atom stereocenters. The molecule has 0 spiro atoms. The Bertz CT molecular complexity index is 1530. The third kappa shape index (κ3) is 3.68. The first kappa shape index (κ1) is 20.0. The SMILES string of the molecule is Cn1cc(/C=C/c2nc3ccc(I)cc3c(=O)n2-c2ccc(Cl)cc2)c2ccccc21. The summed E-state index contributed by atoms with van der Waals surface area (Å²) in [5.41, 5.74) is 3.51. The van der Waals surface area contributed by atoms with Gasteiger partial charge in [-0.1, -0.05) is 29.8 Å². The fraction of sp³-hybridized carbons (Fsp3) is 0.0400. The maximum atomic E-state index is 13.5. The van der Waals surface area contributed by atoms with Crippen LogP contribution in [0, 0.1) is 3.57 Å². The van der Waals surface area contributed by atoms with E-state index in [4.69, 9.17) is 16.6 Å². The van der Waals surface area contributed by atoms with Crippen LogP contribution in [-0.2, 0) is 7.05 Å². The van der Waals surface area contributed by atoms with Gasteiger partial charge in [0.1, 0.15) is 5.82 Å². The first-order valence-corrected chi connectivity index (χ1v) is 11.2. The Kier molecular flexibility index (Phi) is 5.16. The van der Waals surface area contributed by atoms with E-state index in [0.29, 0.717) is 21.7 Å². The third-order valence-corrected chi connectivity index (χ3v) is 6.20. The molecule has 3 aromatic carbocycles. The molecule has 0 saturated heterocycles. The molecule has 2 heterocycles. The molecule has 5 aromatic rings. The van der Waals surface area contributed by atoms with Crippen molar-refractivity contribution in [3.63, 3.8) is 0 Å². The van der Waals surface area contributed by atoms with E-state index in [1.54, 1.807) is 16.7 Å². The number of benzene rings is 3. The van der Waals surface area contributed by atoms with Crippen molar-refractivity contribution in [1.29, 1.82) is 0 Å². The van der Waals surface area contributed by atoms with Crippen LogP contribution in [0.25, 0.3) is 39.6 Å². The fourth-order valence-electron chi connectivity index (χ4n) is 3.80. The lowest BCUT2D eigenvalue weighted by atomic mass is 10.1. The molecular weight excluding hydrogens is 521 g/mol. The van der Waals surface area contributed by atoms with Crippen molar-refractivity contribution >= 4 is 68.1 Å². The highest BCUT2D eigenvalue weighted by atomic mass is 127. The van der Waals surface area contributed by atoms with Gasteiger partial charge in [-0.15, -0.1) is 0 Å². The zero-order valence-electron chi connectivity index (χ0n) is 16.6. The molecule has 0 N–H and O–H groups in total. The number of para-hydroxylation sites is 1. The van der Waals surface area contributed by atoms with Gasteiger partial charge in [0.05, 0.1) is 16.6 Å². The van der Waals surface area contributed by atoms with Gasteiger partial charge in [-0.25, -0.2) is 4.98 Å². The maximum Gasteiger partial charge on any atom is 0.266 e. The number of hydrogen-bond acceptors (Lipinski definition) is 2. The van der Waals surface area contributed by atoms with Gasteiger partial charge in [0.15, 0.2) is 0 Å². The molecule has 0 bridgehead atoms. The van der Waals surface area contributed by atoms with Gasteiger partial charge in [-0.3, -0.25) is 9.36 Å². The molecule has 0 radical (unpaired) electrons. The van der Waals surface area contributed by atoms with E-state index < -0.39 is 0 Å². The summed E-state index contributed by atoms with van der Waals surface area (Å²) >= 11 is 8.28. The quantitative estimate of drug-likeness (QED) is 0.253. The van der Waals surface area contributed by atoms with Gasteiger partial charge >= 0.3 is 0 Å². The summed E-state index contributed by atoms with van der Waals surface area (Å²) in [5.74, 6) is 0.564. The largest absolute Gasteiger partial charge is 0.350 e. The van der Waals surface area contributed by atoms with Gasteiger partial charge in [0.25, 0.3) is 5.56 Å². The van der Waals surface area contributed by atoms with Gasteiger partial charge in [0, 0.05) is 38.3 Å².